The number of halogens is 1. The average molecular weight is 477 g/mol. The number of hydrogen-bond donors (Lipinski definition) is 1. The van der Waals surface area contributed by atoms with Crippen LogP contribution in [0.15, 0.2) is 47.0 Å². The van der Waals surface area contributed by atoms with E-state index in [4.69, 9.17) is 16.1 Å². The normalized spacial score (nSPS) is 11.4. The monoisotopic (exact) mass is 476 g/mol. The highest BCUT2D eigenvalue weighted by Crippen LogP contribution is 2.25. The van der Waals surface area contributed by atoms with Crippen LogP contribution in [-0.2, 0) is 21.4 Å². The van der Waals surface area contributed by atoms with E-state index in [1.54, 1.807) is 24.3 Å². The van der Waals surface area contributed by atoms with Gasteiger partial charge >= 0.3 is 0 Å². The standard InChI is InChI=1S/C22H25ClN4O4S/c1-15-7-4-10-19(16(15)2)27(32(3,29)30)12-6-11-20(28)24-14-21-25-22(26-31-21)17-8-5-9-18(23)13-17/h4-5,7-10,13H,6,11-12,14H2,1-3H3,(H,24,28). The summed E-state index contributed by atoms with van der Waals surface area (Å²) in [7, 11) is -3.48. The number of anilines is 1. The van der Waals surface area contributed by atoms with Crippen LogP contribution < -0.4 is 9.62 Å². The van der Waals surface area contributed by atoms with E-state index >= 15 is 0 Å². The molecule has 1 heterocycles. The van der Waals surface area contributed by atoms with Crippen LogP contribution in [0.25, 0.3) is 11.4 Å². The maximum atomic E-state index is 12.3. The van der Waals surface area contributed by atoms with Gasteiger partial charge in [-0.25, -0.2) is 8.42 Å². The SMILES string of the molecule is Cc1cccc(N(CCCC(=O)NCc2nc(-c3cccc(Cl)c3)no2)S(C)(=O)=O)c1C. The van der Waals surface area contributed by atoms with Gasteiger partial charge in [-0.3, -0.25) is 9.10 Å². The van der Waals surface area contributed by atoms with E-state index in [1.807, 2.05) is 32.0 Å². The second kappa shape index (κ2) is 10.1. The van der Waals surface area contributed by atoms with Gasteiger partial charge in [-0.05, 0) is 49.6 Å². The lowest BCUT2D eigenvalue weighted by Gasteiger charge is -2.24. The number of rotatable bonds is 9. The first-order valence-corrected chi connectivity index (χ1v) is 12.3. The molecule has 0 aliphatic carbocycles. The van der Waals surface area contributed by atoms with Gasteiger partial charge in [-0.2, -0.15) is 4.98 Å². The Kier molecular flexibility index (Phi) is 7.52. The van der Waals surface area contributed by atoms with Crippen LogP contribution >= 0.6 is 11.6 Å². The number of nitrogens with one attached hydrogen (secondary N) is 1. The molecule has 32 heavy (non-hydrogen) atoms. The van der Waals surface area contributed by atoms with Gasteiger partial charge in [0, 0.05) is 23.6 Å². The molecule has 0 saturated heterocycles. The van der Waals surface area contributed by atoms with Crippen molar-refractivity contribution in [1.29, 1.82) is 0 Å². The number of nitrogens with zero attached hydrogens (tertiary/aromatic N) is 3. The molecule has 3 aromatic rings. The number of hydrogen-bond acceptors (Lipinski definition) is 6. The van der Waals surface area contributed by atoms with Gasteiger partial charge in [0.2, 0.25) is 27.6 Å². The van der Waals surface area contributed by atoms with E-state index in [0.717, 1.165) is 11.1 Å². The molecule has 0 aliphatic heterocycles. The first kappa shape index (κ1) is 23.7. The summed E-state index contributed by atoms with van der Waals surface area (Å²) in [5, 5.41) is 7.18. The van der Waals surface area contributed by atoms with Crippen LogP contribution in [0, 0.1) is 13.8 Å². The van der Waals surface area contributed by atoms with Gasteiger partial charge in [-0.15, -0.1) is 0 Å². The van der Waals surface area contributed by atoms with Crippen molar-refractivity contribution in [3.8, 4) is 11.4 Å². The van der Waals surface area contributed by atoms with E-state index in [0.29, 0.717) is 28.5 Å². The van der Waals surface area contributed by atoms with E-state index < -0.39 is 10.0 Å². The summed E-state index contributed by atoms with van der Waals surface area (Å²) in [6.45, 7) is 4.11. The Bertz CT molecular complexity index is 1210. The second-order valence-electron chi connectivity index (χ2n) is 7.46. The third-order valence-electron chi connectivity index (χ3n) is 5.00. The number of sulfonamides is 1. The van der Waals surface area contributed by atoms with Crippen LogP contribution in [0.1, 0.15) is 29.9 Å². The lowest BCUT2D eigenvalue weighted by Crippen LogP contribution is -2.32. The minimum atomic E-state index is -3.48. The number of carbonyl (C=O) groups is 1. The van der Waals surface area contributed by atoms with Crippen molar-refractivity contribution in [2.75, 3.05) is 17.1 Å². The predicted octanol–water partition coefficient (Wildman–Crippen LogP) is 3.87. The number of amides is 1. The minimum Gasteiger partial charge on any atom is -0.347 e. The van der Waals surface area contributed by atoms with Crippen LogP contribution in [0.2, 0.25) is 5.02 Å². The predicted molar refractivity (Wildman–Crippen MR) is 124 cm³/mol. The largest absolute Gasteiger partial charge is 0.347 e. The van der Waals surface area contributed by atoms with Crippen LogP contribution in [0.3, 0.4) is 0 Å². The molecule has 170 valence electrons. The highest BCUT2D eigenvalue weighted by atomic mass is 35.5. The Morgan fingerprint density at radius 1 is 1.19 bits per heavy atom. The van der Waals surface area contributed by atoms with Crippen LogP contribution in [-0.4, -0.2) is 37.3 Å². The molecule has 0 fully saturated rings. The molecule has 3 rings (SSSR count). The van der Waals surface area contributed by atoms with Crippen molar-refractivity contribution in [2.45, 2.75) is 33.2 Å². The summed E-state index contributed by atoms with van der Waals surface area (Å²) in [6, 6.07) is 12.6. The molecule has 0 atom stereocenters. The lowest BCUT2D eigenvalue weighted by atomic mass is 10.1. The highest BCUT2D eigenvalue weighted by Gasteiger charge is 2.20. The molecule has 0 saturated carbocycles. The third kappa shape index (κ3) is 6.08. The fourth-order valence-electron chi connectivity index (χ4n) is 3.19. The quantitative estimate of drug-likeness (QED) is 0.502. The summed E-state index contributed by atoms with van der Waals surface area (Å²) in [6.07, 6.45) is 1.69. The first-order valence-electron chi connectivity index (χ1n) is 10.0. The maximum absolute atomic E-state index is 12.3. The first-order chi connectivity index (χ1) is 15.1. The Hall–Kier alpha value is -2.91. The van der Waals surface area contributed by atoms with Gasteiger partial charge in [0.1, 0.15) is 0 Å². The summed E-state index contributed by atoms with van der Waals surface area (Å²) in [5.74, 6) is 0.414. The molecule has 0 aliphatic rings. The molecule has 0 unspecified atom stereocenters. The van der Waals surface area contributed by atoms with Crippen molar-refractivity contribution in [1.82, 2.24) is 15.5 Å². The van der Waals surface area contributed by atoms with E-state index in [-0.39, 0.29) is 31.3 Å². The smallest absolute Gasteiger partial charge is 0.246 e. The summed E-state index contributed by atoms with van der Waals surface area (Å²) in [5.41, 5.74) is 3.25. The van der Waals surface area contributed by atoms with Crippen molar-refractivity contribution >= 4 is 33.2 Å². The Labute approximate surface area is 192 Å². The second-order valence-corrected chi connectivity index (χ2v) is 9.80. The van der Waals surface area contributed by atoms with Crippen molar-refractivity contribution in [3.63, 3.8) is 0 Å². The van der Waals surface area contributed by atoms with Gasteiger partial charge in [0.25, 0.3) is 0 Å². The average Bonchev–Trinajstić information content (AvgIpc) is 3.20. The number of aromatic nitrogens is 2. The molecule has 10 heteroatoms. The van der Waals surface area contributed by atoms with Crippen LogP contribution in [0.5, 0.6) is 0 Å². The van der Waals surface area contributed by atoms with Gasteiger partial charge in [0.05, 0.1) is 18.5 Å². The summed E-state index contributed by atoms with van der Waals surface area (Å²) in [4.78, 5) is 16.5. The van der Waals surface area contributed by atoms with Gasteiger partial charge in [-0.1, -0.05) is 41.0 Å². The number of carbonyl (C=O) groups excluding carboxylic acids is 1. The minimum absolute atomic E-state index is 0.0825. The van der Waals surface area contributed by atoms with Gasteiger partial charge < -0.3 is 9.84 Å². The van der Waals surface area contributed by atoms with Gasteiger partial charge in [0.15, 0.2) is 0 Å². The topological polar surface area (TPSA) is 105 Å². The molecule has 0 radical (unpaired) electrons. The molecule has 1 N–H and O–H groups in total. The van der Waals surface area contributed by atoms with E-state index in [1.165, 1.54) is 10.6 Å². The Morgan fingerprint density at radius 3 is 2.66 bits per heavy atom. The molecule has 8 nitrogen and oxygen atoms in total. The lowest BCUT2D eigenvalue weighted by molar-refractivity contribution is -0.121. The van der Waals surface area contributed by atoms with E-state index in [2.05, 4.69) is 15.5 Å². The van der Waals surface area contributed by atoms with Crippen molar-refractivity contribution in [2.24, 2.45) is 0 Å². The summed E-state index contributed by atoms with van der Waals surface area (Å²) >= 11 is 5.97. The van der Waals surface area contributed by atoms with Crippen LogP contribution in [0.4, 0.5) is 5.69 Å². The fraction of sp³-hybridized carbons (Fsp3) is 0.318. The van der Waals surface area contributed by atoms with Crippen molar-refractivity contribution < 1.29 is 17.7 Å². The molecule has 1 aromatic heterocycles. The number of aryl methyl sites for hydroxylation is 1. The Morgan fingerprint density at radius 2 is 1.94 bits per heavy atom. The molecular formula is C22H25ClN4O4S. The molecule has 0 spiro atoms. The Balaban J connectivity index is 1.54. The zero-order chi connectivity index (χ0) is 23.3. The summed E-state index contributed by atoms with van der Waals surface area (Å²) < 4.78 is 31.1. The van der Waals surface area contributed by atoms with E-state index in [9.17, 15) is 13.2 Å². The molecule has 0 bridgehead atoms. The molecule has 2 aromatic carbocycles. The van der Waals surface area contributed by atoms with Crippen molar-refractivity contribution in [3.05, 3.63) is 64.5 Å². The number of benzene rings is 2. The zero-order valence-corrected chi connectivity index (χ0v) is 19.7. The molecular weight excluding hydrogens is 452 g/mol. The third-order valence-corrected chi connectivity index (χ3v) is 6.41. The maximum Gasteiger partial charge on any atom is 0.246 e. The molecule has 1 amide bonds. The highest BCUT2D eigenvalue weighted by molar-refractivity contribution is 7.92. The zero-order valence-electron chi connectivity index (χ0n) is 18.1. The fourth-order valence-corrected chi connectivity index (χ4v) is 4.39.